The van der Waals surface area contributed by atoms with Crippen molar-refractivity contribution in [1.82, 2.24) is 30.1 Å². The van der Waals surface area contributed by atoms with E-state index in [9.17, 15) is 4.79 Å². The van der Waals surface area contributed by atoms with Gasteiger partial charge in [0.05, 0.1) is 17.6 Å². The minimum atomic E-state index is -0.0655. The van der Waals surface area contributed by atoms with Crippen LogP contribution in [0.5, 0.6) is 11.5 Å². The standard InChI is InChI=1S/C29H34N6O3/c1-3-24(28-31-32-33-35(28)23-10-5-4-6-11-23)34(16-20-12-13-25-26(14-20)38-18-37-25)17-22-15-21-9-7-8-19(2)27(21)30-29(22)36/h7-9,12-15,23-24H,3-6,10-11,16-18H2,1-2H3,(H,30,36). The molecule has 38 heavy (non-hydrogen) atoms. The maximum atomic E-state index is 13.3. The Labute approximate surface area is 221 Å². The van der Waals surface area contributed by atoms with Gasteiger partial charge in [0, 0.05) is 18.7 Å². The number of rotatable bonds is 8. The van der Waals surface area contributed by atoms with E-state index in [0.717, 1.165) is 64.2 Å². The zero-order chi connectivity index (χ0) is 26.1. The lowest BCUT2D eigenvalue weighted by atomic mass is 9.95. The van der Waals surface area contributed by atoms with Gasteiger partial charge in [0.1, 0.15) is 0 Å². The number of aromatic amines is 1. The minimum absolute atomic E-state index is 0.0649. The van der Waals surface area contributed by atoms with E-state index >= 15 is 0 Å². The van der Waals surface area contributed by atoms with Crippen LogP contribution in [0.3, 0.4) is 0 Å². The summed E-state index contributed by atoms with van der Waals surface area (Å²) in [5.41, 5.74) is 3.68. The molecule has 0 bridgehead atoms. The number of hydrogen-bond acceptors (Lipinski definition) is 7. The Balaban J connectivity index is 1.38. The van der Waals surface area contributed by atoms with Crippen molar-refractivity contribution in [3.8, 4) is 11.5 Å². The maximum absolute atomic E-state index is 13.3. The van der Waals surface area contributed by atoms with Crippen LogP contribution >= 0.6 is 0 Å². The fourth-order valence-electron chi connectivity index (χ4n) is 5.92. The Hall–Kier alpha value is -3.72. The van der Waals surface area contributed by atoms with Gasteiger partial charge in [0.2, 0.25) is 6.79 Å². The molecule has 1 aliphatic heterocycles. The Bertz CT molecular complexity index is 1490. The number of benzene rings is 2. The Morgan fingerprint density at radius 1 is 1.08 bits per heavy atom. The lowest BCUT2D eigenvalue weighted by molar-refractivity contribution is 0.155. The molecule has 9 nitrogen and oxygen atoms in total. The molecule has 3 heterocycles. The zero-order valence-electron chi connectivity index (χ0n) is 22.0. The van der Waals surface area contributed by atoms with Crippen LogP contribution in [0.2, 0.25) is 0 Å². The van der Waals surface area contributed by atoms with Gasteiger partial charge in [-0.3, -0.25) is 9.69 Å². The molecule has 198 valence electrons. The molecule has 1 N–H and O–H groups in total. The van der Waals surface area contributed by atoms with E-state index in [1.165, 1.54) is 19.3 Å². The summed E-state index contributed by atoms with van der Waals surface area (Å²) in [6.07, 6.45) is 6.68. The normalized spacial score (nSPS) is 16.4. The summed E-state index contributed by atoms with van der Waals surface area (Å²) in [6.45, 7) is 5.48. The first-order chi connectivity index (χ1) is 18.6. The summed E-state index contributed by atoms with van der Waals surface area (Å²) in [5, 5.41) is 14.1. The Kier molecular flexibility index (Phi) is 6.84. The molecule has 4 aromatic rings. The van der Waals surface area contributed by atoms with Crippen molar-refractivity contribution in [2.24, 2.45) is 0 Å². The molecule has 1 aliphatic carbocycles. The first-order valence-corrected chi connectivity index (χ1v) is 13.6. The second-order valence-corrected chi connectivity index (χ2v) is 10.5. The predicted molar refractivity (Wildman–Crippen MR) is 144 cm³/mol. The maximum Gasteiger partial charge on any atom is 0.252 e. The number of para-hydroxylation sites is 1. The molecule has 2 aromatic carbocycles. The Morgan fingerprint density at radius 3 is 2.76 bits per heavy atom. The third-order valence-corrected chi connectivity index (χ3v) is 7.93. The second kappa shape index (κ2) is 10.6. The van der Waals surface area contributed by atoms with Gasteiger partial charge in [-0.05, 0) is 71.3 Å². The molecule has 0 spiro atoms. The highest BCUT2D eigenvalue weighted by Crippen LogP contribution is 2.35. The second-order valence-electron chi connectivity index (χ2n) is 10.5. The third-order valence-electron chi connectivity index (χ3n) is 7.93. The number of H-pyrrole nitrogens is 1. The molecule has 1 atom stereocenters. The van der Waals surface area contributed by atoms with E-state index in [0.29, 0.717) is 19.1 Å². The minimum Gasteiger partial charge on any atom is -0.454 e. The first-order valence-electron chi connectivity index (χ1n) is 13.6. The molecule has 0 radical (unpaired) electrons. The van der Waals surface area contributed by atoms with Crippen LogP contribution in [0.1, 0.15) is 80.0 Å². The number of fused-ring (bicyclic) bond motifs is 2. The van der Waals surface area contributed by atoms with Gasteiger partial charge in [0.15, 0.2) is 17.3 Å². The SMILES string of the molecule is CCC(c1nnnn1C1CCCCC1)N(Cc1ccc2c(c1)OCO2)Cc1cc2cccc(C)c2[nH]c1=O. The number of pyridine rings is 1. The quantitative estimate of drug-likeness (QED) is 0.345. The summed E-state index contributed by atoms with van der Waals surface area (Å²) in [5.74, 6) is 2.38. The third kappa shape index (κ3) is 4.78. The molecule has 9 heteroatoms. The highest BCUT2D eigenvalue weighted by molar-refractivity contribution is 5.81. The fourth-order valence-corrected chi connectivity index (χ4v) is 5.92. The van der Waals surface area contributed by atoms with E-state index in [2.05, 4.69) is 38.4 Å². The number of tetrazole rings is 1. The van der Waals surface area contributed by atoms with Crippen molar-refractivity contribution in [2.45, 2.75) is 77.5 Å². The summed E-state index contributed by atoms with van der Waals surface area (Å²) in [6, 6.07) is 14.4. The number of hydrogen-bond donors (Lipinski definition) is 1. The van der Waals surface area contributed by atoms with Crippen LogP contribution in [0, 0.1) is 6.92 Å². The van der Waals surface area contributed by atoms with Gasteiger partial charge < -0.3 is 14.5 Å². The van der Waals surface area contributed by atoms with Crippen molar-refractivity contribution in [2.75, 3.05) is 6.79 Å². The molecule has 6 rings (SSSR count). The summed E-state index contributed by atoms with van der Waals surface area (Å²) in [7, 11) is 0. The average Bonchev–Trinajstić information content (AvgIpc) is 3.60. The van der Waals surface area contributed by atoms with E-state index < -0.39 is 0 Å². The van der Waals surface area contributed by atoms with E-state index in [4.69, 9.17) is 9.47 Å². The van der Waals surface area contributed by atoms with Crippen LogP contribution in [0.25, 0.3) is 10.9 Å². The molecular weight excluding hydrogens is 480 g/mol. The van der Waals surface area contributed by atoms with Gasteiger partial charge in [-0.1, -0.05) is 50.5 Å². The lowest BCUT2D eigenvalue weighted by Gasteiger charge is -2.32. The number of aryl methyl sites for hydroxylation is 1. The average molecular weight is 515 g/mol. The first kappa shape index (κ1) is 24.6. The molecule has 2 aromatic heterocycles. The molecule has 1 unspecified atom stereocenters. The number of nitrogens with zero attached hydrogens (tertiary/aromatic N) is 5. The summed E-state index contributed by atoms with van der Waals surface area (Å²) in [4.78, 5) is 18.7. The van der Waals surface area contributed by atoms with Gasteiger partial charge in [-0.15, -0.1) is 5.10 Å². The fraction of sp³-hybridized carbons (Fsp3) is 0.448. The van der Waals surface area contributed by atoms with Crippen molar-refractivity contribution in [1.29, 1.82) is 0 Å². The van der Waals surface area contributed by atoms with Crippen molar-refractivity contribution >= 4 is 10.9 Å². The molecular formula is C29H34N6O3. The smallest absolute Gasteiger partial charge is 0.252 e. The molecule has 0 saturated heterocycles. The topological polar surface area (TPSA) is 98.2 Å². The van der Waals surface area contributed by atoms with E-state index in [1.54, 1.807) is 0 Å². The van der Waals surface area contributed by atoms with Crippen LogP contribution in [0.4, 0.5) is 0 Å². The van der Waals surface area contributed by atoms with Gasteiger partial charge >= 0.3 is 0 Å². The highest BCUT2D eigenvalue weighted by Gasteiger charge is 2.29. The largest absolute Gasteiger partial charge is 0.454 e. The molecule has 1 fully saturated rings. The van der Waals surface area contributed by atoms with Gasteiger partial charge in [-0.2, -0.15) is 0 Å². The molecule has 2 aliphatic rings. The number of aromatic nitrogens is 5. The Morgan fingerprint density at radius 2 is 1.92 bits per heavy atom. The monoisotopic (exact) mass is 514 g/mol. The van der Waals surface area contributed by atoms with Gasteiger partial charge in [0.25, 0.3) is 5.56 Å². The van der Waals surface area contributed by atoms with Crippen molar-refractivity contribution < 1.29 is 9.47 Å². The number of ether oxygens (including phenoxy) is 2. The van der Waals surface area contributed by atoms with Crippen molar-refractivity contribution in [3.63, 3.8) is 0 Å². The molecule has 1 saturated carbocycles. The summed E-state index contributed by atoms with van der Waals surface area (Å²) >= 11 is 0. The highest BCUT2D eigenvalue weighted by atomic mass is 16.7. The van der Waals surface area contributed by atoms with Crippen LogP contribution < -0.4 is 15.0 Å². The van der Waals surface area contributed by atoms with Gasteiger partial charge in [-0.25, -0.2) is 4.68 Å². The van der Waals surface area contributed by atoms with Crippen LogP contribution in [-0.2, 0) is 13.1 Å². The van der Waals surface area contributed by atoms with E-state index in [-0.39, 0.29) is 18.4 Å². The lowest BCUT2D eigenvalue weighted by Crippen LogP contribution is -2.33. The predicted octanol–water partition coefficient (Wildman–Crippen LogP) is 5.21. The van der Waals surface area contributed by atoms with Crippen molar-refractivity contribution in [3.05, 3.63) is 75.3 Å². The van der Waals surface area contributed by atoms with Crippen LogP contribution in [0.15, 0.2) is 47.3 Å². The molecule has 0 amide bonds. The van der Waals surface area contributed by atoms with E-state index in [1.807, 2.05) is 48.0 Å². The summed E-state index contributed by atoms with van der Waals surface area (Å²) < 4.78 is 13.2. The van der Waals surface area contributed by atoms with Crippen LogP contribution in [-0.4, -0.2) is 36.9 Å². The zero-order valence-corrected chi connectivity index (χ0v) is 22.0. The number of nitrogens with one attached hydrogen (secondary N) is 1.